The molecule has 0 aromatic heterocycles. The zero-order valence-electron chi connectivity index (χ0n) is 1.68. The summed E-state index contributed by atoms with van der Waals surface area (Å²) in [6.07, 6.45) is 0. The molecular formula is CeLaTbYb. The summed E-state index contributed by atoms with van der Waals surface area (Å²) < 4.78 is 0. The van der Waals surface area contributed by atoms with Crippen LogP contribution >= 0.6 is 0 Å². The average molecular weight is 611 g/mol. The molecule has 4 heavy (non-hydrogen) atoms. The summed E-state index contributed by atoms with van der Waals surface area (Å²) >= 11 is 0. The summed E-state index contributed by atoms with van der Waals surface area (Å²) in [6, 6.07) is 0. The van der Waals surface area contributed by atoms with E-state index in [0.717, 1.165) is 0 Å². The van der Waals surface area contributed by atoms with Gasteiger partial charge in [-0.3, -0.25) is 0 Å². The average Bonchev–Trinajstić information content (AvgIpc) is 0. The maximum absolute atomic E-state index is 0. The van der Waals surface area contributed by atoms with Crippen LogP contribution < -0.4 is 0 Å². The molecule has 0 aromatic carbocycles. The Bertz CT molecular complexity index is 8.00. The Hall–Kier alpha value is 5.38. The van der Waals surface area contributed by atoms with Crippen molar-refractivity contribution >= 4 is 0 Å². The van der Waals surface area contributed by atoms with Gasteiger partial charge in [0.2, 0.25) is 0 Å². The van der Waals surface area contributed by atoms with E-state index in [1.807, 2.05) is 0 Å². The van der Waals surface area contributed by atoms with Crippen LogP contribution in [0, 0.1) is 163 Å². The van der Waals surface area contributed by atoms with Crippen LogP contribution in [0.15, 0.2) is 0 Å². The molecule has 0 atom stereocenters. The van der Waals surface area contributed by atoms with Crippen LogP contribution in [0.3, 0.4) is 0 Å². The summed E-state index contributed by atoms with van der Waals surface area (Å²) in [6.45, 7) is 0. The van der Waals surface area contributed by atoms with Crippen LogP contribution in [0.1, 0.15) is 0 Å². The van der Waals surface area contributed by atoms with Crippen LogP contribution in [0.25, 0.3) is 0 Å². The van der Waals surface area contributed by atoms with Gasteiger partial charge in [-0.05, 0) is 0 Å². The van der Waals surface area contributed by atoms with Gasteiger partial charge in [0.25, 0.3) is 0 Å². The SMILES string of the molecule is [Ce].[La].[Tb].[Yb]. The first-order valence-corrected chi connectivity index (χ1v) is 0. The van der Waals surface area contributed by atoms with Crippen LogP contribution in [0.5, 0.6) is 0 Å². The third-order valence-corrected chi connectivity index (χ3v) is 0. The number of hydrogen-bond acceptors (Lipinski definition) is 0. The molecule has 0 bridgehead atoms. The van der Waals surface area contributed by atoms with Crippen LogP contribution in [0.2, 0.25) is 0 Å². The zero-order valence-corrected chi connectivity index (χ0v) is 12.3. The quantitative estimate of drug-likeness (QED) is 0.363. The maximum atomic E-state index is 0. The van der Waals surface area contributed by atoms with Crippen molar-refractivity contribution in [1.29, 1.82) is 0 Å². The van der Waals surface area contributed by atoms with Crippen LogP contribution in [-0.2, 0) is 0 Å². The molecule has 0 heterocycles. The van der Waals surface area contributed by atoms with Crippen molar-refractivity contribution in [2.45, 2.75) is 0 Å². The summed E-state index contributed by atoms with van der Waals surface area (Å²) in [5, 5.41) is 0. The largest absolute Gasteiger partial charge is 0 e. The van der Waals surface area contributed by atoms with Gasteiger partial charge in [0, 0.05) is 163 Å². The Morgan fingerprint density at radius 1 is 1.00 bits per heavy atom. The topological polar surface area (TPSA) is 0 Å². The van der Waals surface area contributed by atoms with Crippen molar-refractivity contribution in [2.75, 3.05) is 0 Å². The molecule has 0 nitrogen and oxygen atoms in total. The molecule has 0 saturated carbocycles. The van der Waals surface area contributed by atoms with E-state index in [9.17, 15) is 0 Å². The van der Waals surface area contributed by atoms with E-state index in [-0.39, 0.29) is 163 Å². The summed E-state index contributed by atoms with van der Waals surface area (Å²) in [5.74, 6) is 0. The Morgan fingerprint density at radius 3 is 1.00 bits per heavy atom. The first kappa shape index (κ1) is 22.8. The third kappa shape index (κ3) is 10.4. The minimum absolute atomic E-state index is 0. The van der Waals surface area contributed by atoms with Crippen LogP contribution in [0.4, 0.5) is 0 Å². The fourth-order valence-electron chi connectivity index (χ4n) is 0. The van der Waals surface area contributed by atoms with E-state index in [4.69, 9.17) is 0 Å². The van der Waals surface area contributed by atoms with Gasteiger partial charge in [-0.2, -0.15) is 0 Å². The summed E-state index contributed by atoms with van der Waals surface area (Å²) in [4.78, 5) is 0. The van der Waals surface area contributed by atoms with Crippen molar-refractivity contribution in [3.8, 4) is 0 Å². The Morgan fingerprint density at radius 2 is 1.00 bits per heavy atom. The van der Waals surface area contributed by atoms with E-state index in [2.05, 4.69) is 0 Å². The van der Waals surface area contributed by atoms with Gasteiger partial charge in [0.1, 0.15) is 0 Å². The first-order chi connectivity index (χ1) is 0. The van der Waals surface area contributed by atoms with Gasteiger partial charge in [-0.1, -0.05) is 0 Å². The zero-order chi connectivity index (χ0) is 0. The fourth-order valence-corrected chi connectivity index (χ4v) is 0. The predicted molar refractivity (Wildman–Crippen MR) is 0 cm³/mol. The molecule has 0 saturated heterocycles. The van der Waals surface area contributed by atoms with Gasteiger partial charge in [-0.15, -0.1) is 0 Å². The van der Waals surface area contributed by atoms with Gasteiger partial charge in [0.05, 0.1) is 0 Å². The Balaban J connectivity index is 0. The molecule has 0 rings (SSSR count). The second-order valence-corrected chi connectivity index (χ2v) is 0. The monoisotopic (exact) mass is 612 g/mol. The van der Waals surface area contributed by atoms with Crippen molar-refractivity contribution in [3.63, 3.8) is 0 Å². The fraction of sp³-hybridized carbons (Fsp3) is 0. The molecule has 0 aromatic rings. The molecule has 0 spiro atoms. The van der Waals surface area contributed by atoms with Gasteiger partial charge in [-0.25, -0.2) is 0 Å². The molecule has 0 aliphatic carbocycles. The molecule has 0 N–H and O–H groups in total. The molecule has 4 heteroatoms. The molecule has 0 amide bonds. The molecular weight excluding hydrogens is 611 g/mol. The smallest absolute Gasteiger partial charge is 0 e. The maximum Gasteiger partial charge on any atom is 0 e. The molecule has 0 fully saturated rings. The number of hydrogen-bond donors (Lipinski definition) is 0. The predicted octanol–water partition coefficient (Wildman–Crippen LogP) is 0. The number of rotatable bonds is 0. The van der Waals surface area contributed by atoms with Crippen molar-refractivity contribution in [2.24, 2.45) is 0 Å². The minimum Gasteiger partial charge on any atom is 0 e. The third-order valence-electron chi connectivity index (χ3n) is 0. The summed E-state index contributed by atoms with van der Waals surface area (Å²) in [5.41, 5.74) is 0. The van der Waals surface area contributed by atoms with Crippen molar-refractivity contribution in [1.82, 2.24) is 0 Å². The molecule has 2 radical (unpaired) electrons. The van der Waals surface area contributed by atoms with Crippen molar-refractivity contribution in [3.05, 3.63) is 0 Å². The van der Waals surface area contributed by atoms with Gasteiger partial charge >= 0.3 is 0 Å². The first-order valence-electron chi connectivity index (χ1n) is 0. The van der Waals surface area contributed by atoms with E-state index < -0.39 is 0 Å². The Kier molecular flexibility index (Phi) is 89.7. The molecule has 0 aliphatic heterocycles. The van der Waals surface area contributed by atoms with E-state index >= 15 is 0 Å². The van der Waals surface area contributed by atoms with Gasteiger partial charge in [0.15, 0.2) is 0 Å². The second-order valence-electron chi connectivity index (χ2n) is 0. The minimum atomic E-state index is 0. The molecule has 0 aliphatic rings. The molecule has 0 unspecified atom stereocenters. The molecule has 30 valence electrons. The van der Waals surface area contributed by atoms with Crippen molar-refractivity contribution < 1.29 is 163 Å². The normalized spacial score (nSPS) is 0. The second kappa shape index (κ2) is 15.8. The van der Waals surface area contributed by atoms with E-state index in [0.29, 0.717) is 0 Å². The van der Waals surface area contributed by atoms with Gasteiger partial charge < -0.3 is 0 Å². The Labute approximate surface area is 157 Å². The van der Waals surface area contributed by atoms with E-state index in [1.54, 1.807) is 0 Å². The van der Waals surface area contributed by atoms with E-state index in [1.165, 1.54) is 0 Å². The standard InChI is InChI=1S/Ce.La.Tb.Yb. The summed E-state index contributed by atoms with van der Waals surface area (Å²) in [7, 11) is 0. The van der Waals surface area contributed by atoms with Crippen LogP contribution in [-0.4, -0.2) is 0 Å².